The van der Waals surface area contributed by atoms with Gasteiger partial charge in [-0.05, 0) is 34.1 Å². The van der Waals surface area contributed by atoms with E-state index in [0.29, 0.717) is 22.3 Å². The molecule has 2 rings (SSSR count). The number of nitrogens with zero attached hydrogens (tertiary/aromatic N) is 3. The van der Waals surface area contributed by atoms with E-state index < -0.39 is 5.82 Å². The van der Waals surface area contributed by atoms with Crippen molar-refractivity contribution in [3.63, 3.8) is 0 Å². The van der Waals surface area contributed by atoms with E-state index in [0.717, 1.165) is 12.0 Å². The maximum Gasteiger partial charge on any atom is 0.150 e. The lowest BCUT2D eigenvalue weighted by Gasteiger charge is -1.99. The number of aromatic amines is 1. The van der Waals surface area contributed by atoms with E-state index >= 15 is 0 Å². The smallest absolute Gasteiger partial charge is 0.150 e. The van der Waals surface area contributed by atoms with Gasteiger partial charge in [-0.3, -0.25) is 10.4 Å². The molecule has 0 amide bonds. The maximum absolute atomic E-state index is 13.5. The van der Waals surface area contributed by atoms with Gasteiger partial charge < -0.3 is 16.6 Å². The van der Waals surface area contributed by atoms with Crippen molar-refractivity contribution in [2.75, 3.05) is 0 Å². The number of para-hydroxylation sites is 1. The first-order chi connectivity index (χ1) is 11.5. The molecule has 0 saturated carbocycles. The Bertz CT molecular complexity index is 823. The number of benzene rings is 1. The molecule has 0 fully saturated rings. The predicted molar refractivity (Wildman–Crippen MR) is 97.9 cm³/mol. The third-order valence-corrected chi connectivity index (χ3v) is 3.65. The fourth-order valence-electron chi connectivity index (χ4n) is 1.92. The fraction of sp³-hybridized carbons (Fsp3) is 0.0667. The van der Waals surface area contributed by atoms with Gasteiger partial charge in [-0.2, -0.15) is 5.10 Å². The third-order valence-electron chi connectivity index (χ3n) is 3.03. The molecule has 0 saturated heterocycles. The van der Waals surface area contributed by atoms with Crippen LogP contribution in [0.5, 0.6) is 0 Å². The zero-order valence-electron chi connectivity index (χ0n) is 12.5. The molecule has 2 aromatic rings. The van der Waals surface area contributed by atoms with Gasteiger partial charge in [0, 0.05) is 16.6 Å². The lowest BCUT2D eigenvalue weighted by atomic mass is 10.2. The number of amidine groups is 1. The van der Waals surface area contributed by atoms with Crippen LogP contribution in [0, 0.1) is 11.2 Å². The number of rotatable bonds is 6. The summed E-state index contributed by atoms with van der Waals surface area (Å²) in [5.41, 5.74) is 7.70. The standard InChI is InChI=1S/C15H15BrFN7/c16-11-6-9(23-14(11)15(19)22-8-18)5-10(24-20)7-21-13-4-2-1-3-12(13)17/h1-4,6-8,23H,5,20H2,(H3,18,19,22). The zero-order valence-corrected chi connectivity index (χ0v) is 14.1. The van der Waals surface area contributed by atoms with E-state index in [4.69, 9.17) is 17.0 Å². The van der Waals surface area contributed by atoms with Crippen LogP contribution in [0.1, 0.15) is 11.4 Å². The maximum atomic E-state index is 13.5. The topological polar surface area (TPSA) is 129 Å². The first-order valence-electron chi connectivity index (χ1n) is 6.80. The Morgan fingerprint density at radius 3 is 2.79 bits per heavy atom. The molecule has 0 unspecified atom stereocenters. The number of halogens is 2. The van der Waals surface area contributed by atoms with Crippen molar-refractivity contribution in [2.24, 2.45) is 26.7 Å². The van der Waals surface area contributed by atoms with Gasteiger partial charge in [0.1, 0.15) is 18.0 Å². The second-order valence-electron chi connectivity index (χ2n) is 4.67. The van der Waals surface area contributed by atoms with Crippen molar-refractivity contribution >= 4 is 45.7 Å². The Morgan fingerprint density at radius 2 is 2.12 bits per heavy atom. The summed E-state index contributed by atoms with van der Waals surface area (Å²) in [6, 6.07) is 7.95. The van der Waals surface area contributed by atoms with Gasteiger partial charge in [0.25, 0.3) is 0 Å². The van der Waals surface area contributed by atoms with E-state index in [1.165, 1.54) is 12.3 Å². The zero-order chi connectivity index (χ0) is 17.5. The number of hydrogen-bond acceptors (Lipinski definition) is 4. The van der Waals surface area contributed by atoms with Gasteiger partial charge in [-0.1, -0.05) is 12.1 Å². The van der Waals surface area contributed by atoms with Crippen LogP contribution in [0.2, 0.25) is 0 Å². The molecular weight excluding hydrogens is 377 g/mol. The van der Waals surface area contributed by atoms with Gasteiger partial charge in [0.15, 0.2) is 0 Å². The normalized spacial score (nSPS) is 12.8. The number of hydrogen-bond donors (Lipinski definition) is 4. The molecule has 24 heavy (non-hydrogen) atoms. The van der Waals surface area contributed by atoms with Crippen molar-refractivity contribution in [3.8, 4) is 0 Å². The van der Waals surface area contributed by atoms with E-state index in [2.05, 4.69) is 36.0 Å². The van der Waals surface area contributed by atoms with Crippen LogP contribution in [0.3, 0.4) is 0 Å². The molecule has 0 radical (unpaired) electrons. The summed E-state index contributed by atoms with van der Waals surface area (Å²) < 4.78 is 14.2. The minimum absolute atomic E-state index is 0.175. The number of hydrazone groups is 1. The van der Waals surface area contributed by atoms with Crippen molar-refractivity contribution < 1.29 is 4.39 Å². The largest absolute Gasteiger partial charge is 0.382 e. The summed E-state index contributed by atoms with van der Waals surface area (Å²) in [6.45, 7) is 0. The highest BCUT2D eigenvalue weighted by Gasteiger charge is 2.11. The van der Waals surface area contributed by atoms with E-state index in [1.807, 2.05) is 0 Å². The number of aromatic nitrogens is 1. The Morgan fingerprint density at radius 1 is 1.38 bits per heavy atom. The quantitative estimate of drug-likeness (QED) is 0.261. The van der Waals surface area contributed by atoms with Crippen molar-refractivity contribution in [1.29, 1.82) is 5.41 Å². The predicted octanol–water partition coefficient (Wildman–Crippen LogP) is 2.49. The molecule has 0 atom stereocenters. The summed E-state index contributed by atoms with van der Waals surface area (Å²) in [5.74, 6) is 5.12. The summed E-state index contributed by atoms with van der Waals surface area (Å²) in [4.78, 5) is 10.8. The molecule has 0 aliphatic heterocycles. The SMILES string of the molecule is N=CN=C(N)c1[nH]c(CC(C=Nc2ccccc2F)=NN)cc1Br. The average molecular weight is 392 g/mol. The summed E-state index contributed by atoms with van der Waals surface area (Å²) >= 11 is 3.36. The number of aliphatic imine (C=N–C) groups is 2. The first kappa shape index (κ1) is 17.5. The molecular formula is C15H15BrFN7. The monoisotopic (exact) mass is 391 g/mol. The van der Waals surface area contributed by atoms with Crippen LogP contribution in [0.4, 0.5) is 10.1 Å². The number of nitrogens with two attached hydrogens (primary N) is 2. The molecule has 0 aliphatic rings. The van der Waals surface area contributed by atoms with E-state index in [-0.39, 0.29) is 11.5 Å². The highest BCUT2D eigenvalue weighted by Crippen LogP contribution is 2.19. The molecule has 9 heteroatoms. The average Bonchev–Trinajstić information content (AvgIpc) is 2.93. The summed E-state index contributed by atoms with van der Waals surface area (Å²) in [5, 5.41) is 10.6. The van der Waals surface area contributed by atoms with Gasteiger partial charge in [0.05, 0.1) is 23.3 Å². The minimum atomic E-state index is -0.425. The highest BCUT2D eigenvalue weighted by molar-refractivity contribution is 9.10. The first-order valence-corrected chi connectivity index (χ1v) is 7.59. The van der Waals surface area contributed by atoms with Crippen molar-refractivity contribution in [2.45, 2.75) is 6.42 Å². The fourth-order valence-corrected chi connectivity index (χ4v) is 2.50. The molecule has 0 aliphatic carbocycles. The number of H-pyrrole nitrogens is 1. The van der Waals surface area contributed by atoms with Gasteiger partial charge in [-0.25, -0.2) is 9.38 Å². The van der Waals surface area contributed by atoms with E-state index in [9.17, 15) is 4.39 Å². The second-order valence-corrected chi connectivity index (χ2v) is 5.52. The van der Waals surface area contributed by atoms with Crippen LogP contribution in [0.25, 0.3) is 0 Å². The molecule has 124 valence electrons. The Kier molecular flexibility index (Phi) is 5.96. The van der Waals surface area contributed by atoms with Gasteiger partial charge in [-0.15, -0.1) is 0 Å². The second kappa shape index (κ2) is 8.16. The van der Waals surface area contributed by atoms with Crippen LogP contribution in [-0.2, 0) is 6.42 Å². The minimum Gasteiger partial charge on any atom is -0.382 e. The number of nitrogens with one attached hydrogen (secondary N) is 2. The summed E-state index contributed by atoms with van der Waals surface area (Å²) in [6.07, 6.45) is 2.60. The Hall–Kier alpha value is -2.81. The van der Waals surface area contributed by atoms with Gasteiger partial charge in [0.2, 0.25) is 0 Å². The summed E-state index contributed by atoms with van der Waals surface area (Å²) in [7, 11) is 0. The lowest BCUT2D eigenvalue weighted by Crippen LogP contribution is -2.15. The van der Waals surface area contributed by atoms with Crippen molar-refractivity contribution in [1.82, 2.24) is 4.98 Å². The Balaban J connectivity index is 2.17. The molecule has 0 spiro atoms. The third kappa shape index (κ3) is 4.35. The molecule has 1 aromatic heterocycles. The molecule has 6 N–H and O–H groups in total. The highest BCUT2D eigenvalue weighted by atomic mass is 79.9. The Labute approximate surface area is 146 Å². The lowest BCUT2D eigenvalue weighted by molar-refractivity contribution is 0.630. The van der Waals surface area contributed by atoms with Gasteiger partial charge >= 0.3 is 0 Å². The van der Waals surface area contributed by atoms with Crippen molar-refractivity contribution in [3.05, 3.63) is 52.0 Å². The molecule has 1 heterocycles. The van der Waals surface area contributed by atoms with Crippen LogP contribution in [0.15, 0.2) is 49.9 Å². The van der Waals surface area contributed by atoms with Crippen LogP contribution >= 0.6 is 15.9 Å². The van der Waals surface area contributed by atoms with Crippen LogP contribution < -0.4 is 11.6 Å². The van der Waals surface area contributed by atoms with Crippen LogP contribution in [-0.4, -0.2) is 29.1 Å². The van der Waals surface area contributed by atoms with E-state index in [1.54, 1.807) is 24.3 Å². The molecule has 0 bridgehead atoms. The molecule has 7 nitrogen and oxygen atoms in total. The molecule has 1 aromatic carbocycles.